The van der Waals surface area contributed by atoms with Crippen LogP contribution in [0.3, 0.4) is 0 Å². The van der Waals surface area contributed by atoms with E-state index in [1.165, 1.54) is 5.56 Å². The number of halogens is 2. The predicted molar refractivity (Wildman–Crippen MR) is 122 cm³/mol. The van der Waals surface area contributed by atoms with Gasteiger partial charge in [0, 0.05) is 39.4 Å². The molecule has 0 saturated heterocycles. The minimum atomic E-state index is 0. The van der Waals surface area contributed by atoms with E-state index < -0.39 is 0 Å². The standard InChI is InChI=1S/C19H28ClN5O.HI/c1-14(2)18-15(13-25(5)23-18)12-24(4)19(21-3)22-10-11-26-17-9-7-6-8-16(17)20;/h6-9,13-14H,10-12H2,1-5H3,(H,21,22);1H. The average Bonchev–Trinajstić information content (AvgIpc) is 2.97. The maximum absolute atomic E-state index is 6.09. The predicted octanol–water partition coefficient (Wildman–Crippen LogP) is 3.90. The van der Waals surface area contributed by atoms with Gasteiger partial charge in [0.15, 0.2) is 5.96 Å². The van der Waals surface area contributed by atoms with Crippen LogP contribution in [0.15, 0.2) is 35.5 Å². The van der Waals surface area contributed by atoms with Gasteiger partial charge in [0.1, 0.15) is 12.4 Å². The smallest absolute Gasteiger partial charge is 0.193 e. The van der Waals surface area contributed by atoms with E-state index in [1.54, 1.807) is 7.05 Å². The van der Waals surface area contributed by atoms with E-state index in [1.807, 2.05) is 43.0 Å². The van der Waals surface area contributed by atoms with E-state index in [-0.39, 0.29) is 24.0 Å². The van der Waals surface area contributed by atoms with Crippen LogP contribution in [-0.4, -0.2) is 47.9 Å². The molecule has 1 N–H and O–H groups in total. The van der Waals surface area contributed by atoms with E-state index in [0.717, 1.165) is 18.2 Å². The number of nitrogens with zero attached hydrogens (tertiary/aromatic N) is 4. The van der Waals surface area contributed by atoms with Crippen molar-refractivity contribution in [2.75, 3.05) is 27.2 Å². The molecule has 1 aromatic carbocycles. The molecule has 0 aliphatic heterocycles. The number of hydrogen-bond acceptors (Lipinski definition) is 3. The Balaban J connectivity index is 0.00000364. The highest BCUT2D eigenvalue weighted by Gasteiger charge is 2.15. The Morgan fingerprint density at radius 1 is 1.37 bits per heavy atom. The second-order valence-electron chi connectivity index (χ2n) is 6.48. The Morgan fingerprint density at radius 3 is 2.70 bits per heavy atom. The van der Waals surface area contributed by atoms with Crippen molar-refractivity contribution in [3.05, 3.63) is 46.7 Å². The molecular formula is C19H29ClIN5O. The van der Waals surface area contributed by atoms with E-state index in [2.05, 4.69) is 40.4 Å². The van der Waals surface area contributed by atoms with Gasteiger partial charge < -0.3 is 15.0 Å². The Labute approximate surface area is 184 Å². The molecule has 1 aromatic heterocycles. The molecule has 0 unspecified atom stereocenters. The van der Waals surface area contributed by atoms with Crippen LogP contribution in [0, 0.1) is 0 Å². The van der Waals surface area contributed by atoms with Crippen LogP contribution in [0.5, 0.6) is 5.75 Å². The van der Waals surface area contributed by atoms with Crippen LogP contribution in [-0.2, 0) is 13.6 Å². The minimum absolute atomic E-state index is 0. The molecule has 6 nitrogen and oxygen atoms in total. The second-order valence-corrected chi connectivity index (χ2v) is 6.88. The first-order valence-corrected chi connectivity index (χ1v) is 9.11. The van der Waals surface area contributed by atoms with Gasteiger partial charge in [0.05, 0.1) is 17.3 Å². The minimum Gasteiger partial charge on any atom is -0.490 e. The molecule has 0 aliphatic carbocycles. The first-order chi connectivity index (χ1) is 12.4. The molecule has 0 aliphatic rings. The van der Waals surface area contributed by atoms with Crippen molar-refractivity contribution >= 4 is 41.5 Å². The van der Waals surface area contributed by atoms with Crippen molar-refractivity contribution < 1.29 is 4.74 Å². The first kappa shape index (κ1) is 23.6. The van der Waals surface area contributed by atoms with Crippen LogP contribution in [0.1, 0.15) is 31.0 Å². The van der Waals surface area contributed by atoms with Gasteiger partial charge in [-0.1, -0.05) is 37.6 Å². The Hall–Kier alpha value is -1.48. The number of aliphatic imine (C=N–C) groups is 1. The molecule has 2 aromatic rings. The number of nitrogens with one attached hydrogen (secondary N) is 1. The SMILES string of the molecule is CN=C(NCCOc1ccccc1Cl)N(C)Cc1cn(C)nc1C(C)C.I. The zero-order chi connectivity index (χ0) is 19.1. The van der Waals surface area contributed by atoms with Gasteiger partial charge in [-0.2, -0.15) is 5.10 Å². The molecule has 0 amide bonds. The number of aromatic nitrogens is 2. The number of aryl methyl sites for hydroxylation is 1. The second kappa shape index (κ2) is 11.4. The van der Waals surface area contributed by atoms with Gasteiger partial charge in [-0.25, -0.2) is 0 Å². The molecule has 150 valence electrons. The number of guanidine groups is 1. The van der Waals surface area contributed by atoms with Gasteiger partial charge in [-0.15, -0.1) is 24.0 Å². The Kier molecular flexibility index (Phi) is 9.93. The normalized spacial score (nSPS) is 11.3. The van der Waals surface area contributed by atoms with Crippen LogP contribution < -0.4 is 10.1 Å². The molecule has 0 saturated carbocycles. The molecule has 0 atom stereocenters. The lowest BCUT2D eigenvalue weighted by Crippen LogP contribution is -2.40. The van der Waals surface area contributed by atoms with Crippen molar-refractivity contribution in [1.82, 2.24) is 20.0 Å². The summed E-state index contributed by atoms with van der Waals surface area (Å²) in [6, 6.07) is 7.46. The molecule has 0 radical (unpaired) electrons. The summed E-state index contributed by atoms with van der Waals surface area (Å²) in [5, 5.41) is 8.50. The van der Waals surface area contributed by atoms with Crippen molar-refractivity contribution in [3.8, 4) is 5.75 Å². The van der Waals surface area contributed by atoms with Crippen LogP contribution in [0.2, 0.25) is 5.02 Å². The summed E-state index contributed by atoms with van der Waals surface area (Å²) in [7, 11) is 5.75. The number of ether oxygens (including phenoxy) is 1. The van der Waals surface area contributed by atoms with E-state index in [4.69, 9.17) is 16.3 Å². The third kappa shape index (κ3) is 6.88. The van der Waals surface area contributed by atoms with E-state index in [0.29, 0.717) is 29.8 Å². The average molecular weight is 506 g/mol. The quantitative estimate of drug-likeness (QED) is 0.268. The molecule has 1 heterocycles. The summed E-state index contributed by atoms with van der Waals surface area (Å²) in [5.74, 6) is 1.89. The van der Waals surface area contributed by atoms with E-state index >= 15 is 0 Å². The third-order valence-corrected chi connectivity index (χ3v) is 4.26. The zero-order valence-corrected chi connectivity index (χ0v) is 19.7. The summed E-state index contributed by atoms with van der Waals surface area (Å²) in [5.41, 5.74) is 2.33. The van der Waals surface area contributed by atoms with Crippen molar-refractivity contribution in [1.29, 1.82) is 0 Å². The summed E-state index contributed by atoms with van der Waals surface area (Å²) in [6.07, 6.45) is 2.07. The molecule has 0 fully saturated rings. The van der Waals surface area contributed by atoms with Gasteiger partial charge in [-0.3, -0.25) is 9.67 Å². The summed E-state index contributed by atoms with van der Waals surface area (Å²) >= 11 is 6.09. The largest absolute Gasteiger partial charge is 0.490 e. The number of hydrogen-bond donors (Lipinski definition) is 1. The fraction of sp³-hybridized carbons (Fsp3) is 0.474. The Bertz CT molecular complexity index is 747. The van der Waals surface area contributed by atoms with Gasteiger partial charge >= 0.3 is 0 Å². The number of benzene rings is 1. The zero-order valence-electron chi connectivity index (χ0n) is 16.6. The fourth-order valence-corrected chi connectivity index (χ4v) is 2.95. The lowest BCUT2D eigenvalue weighted by molar-refractivity contribution is 0.319. The van der Waals surface area contributed by atoms with Gasteiger partial charge in [-0.05, 0) is 18.1 Å². The summed E-state index contributed by atoms with van der Waals surface area (Å²) < 4.78 is 7.57. The maximum atomic E-state index is 6.09. The van der Waals surface area contributed by atoms with Crippen molar-refractivity contribution in [2.45, 2.75) is 26.3 Å². The van der Waals surface area contributed by atoms with Gasteiger partial charge in [0.25, 0.3) is 0 Å². The first-order valence-electron chi connectivity index (χ1n) is 8.74. The topological polar surface area (TPSA) is 54.7 Å². The number of para-hydroxylation sites is 1. The number of rotatable bonds is 7. The molecular weight excluding hydrogens is 477 g/mol. The molecule has 8 heteroatoms. The third-order valence-electron chi connectivity index (χ3n) is 3.94. The highest BCUT2D eigenvalue weighted by Crippen LogP contribution is 2.22. The fourth-order valence-electron chi connectivity index (χ4n) is 2.76. The molecule has 27 heavy (non-hydrogen) atoms. The Morgan fingerprint density at radius 2 is 2.07 bits per heavy atom. The monoisotopic (exact) mass is 505 g/mol. The lowest BCUT2D eigenvalue weighted by Gasteiger charge is -2.22. The van der Waals surface area contributed by atoms with Crippen LogP contribution in [0.25, 0.3) is 0 Å². The molecule has 0 spiro atoms. The summed E-state index contributed by atoms with van der Waals surface area (Å²) in [4.78, 5) is 6.43. The van der Waals surface area contributed by atoms with Crippen LogP contribution in [0.4, 0.5) is 0 Å². The highest BCUT2D eigenvalue weighted by atomic mass is 127. The molecule has 0 bridgehead atoms. The molecule has 2 rings (SSSR count). The highest BCUT2D eigenvalue weighted by molar-refractivity contribution is 14.0. The van der Waals surface area contributed by atoms with Crippen LogP contribution >= 0.6 is 35.6 Å². The maximum Gasteiger partial charge on any atom is 0.193 e. The lowest BCUT2D eigenvalue weighted by atomic mass is 10.1. The summed E-state index contributed by atoms with van der Waals surface area (Å²) in [6.45, 7) is 6.19. The van der Waals surface area contributed by atoms with Gasteiger partial charge in [0.2, 0.25) is 0 Å². The van der Waals surface area contributed by atoms with E-state index in [9.17, 15) is 0 Å². The van der Waals surface area contributed by atoms with Crippen molar-refractivity contribution in [2.24, 2.45) is 12.0 Å². The van der Waals surface area contributed by atoms with Crippen molar-refractivity contribution in [3.63, 3.8) is 0 Å².